The summed E-state index contributed by atoms with van der Waals surface area (Å²) in [5.74, 6) is 0. The summed E-state index contributed by atoms with van der Waals surface area (Å²) in [6.45, 7) is 0. The van der Waals surface area contributed by atoms with Gasteiger partial charge in [0.25, 0.3) is 0 Å². The Morgan fingerprint density at radius 2 is 1.36 bits per heavy atom. The van der Waals surface area contributed by atoms with Crippen LogP contribution in [0.2, 0.25) is 0 Å². The van der Waals surface area contributed by atoms with E-state index >= 15 is 0 Å². The zero-order valence-corrected chi connectivity index (χ0v) is 9.77. The molecule has 0 N–H and O–H groups in total. The van der Waals surface area contributed by atoms with Crippen molar-refractivity contribution >= 4 is 10.8 Å². The molecule has 0 unspecified atom stereocenters. The maximum Gasteiger partial charge on any atom is 0.0148 e. The summed E-state index contributed by atoms with van der Waals surface area (Å²) < 4.78 is 9.56. The molecule has 1 aromatic rings. The summed E-state index contributed by atoms with van der Waals surface area (Å²) in [6.07, 6.45) is 8.65. The summed E-state index contributed by atoms with van der Waals surface area (Å²) in [5, 5.41) is 0. The van der Waals surface area contributed by atoms with E-state index in [2.05, 4.69) is 24.3 Å². The smallest absolute Gasteiger partial charge is 0.0148 e. The first-order valence-electron chi connectivity index (χ1n) is 5.02. The summed E-state index contributed by atoms with van der Waals surface area (Å²) in [4.78, 5) is 0. The van der Waals surface area contributed by atoms with E-state index in [-0.39, 0.29) is 0 Å². The van der Waals surface area contributed by atoms with Crippen molar-refractivity contribution in [2.45, 2.75) is 25.7 Å². The molecule has 0 saturated heterocycles. The van der Waals surface area contributed by atoms with E-state index in [0.717, 1.165) is 0 Å². The van der Waals surface area contributed by atoms with E-state index < -0.39 is 10.8 Å². The molecule has 0 amide bonds. The fourth-order valence-corrected chi connectivity index (χ4v) is 1.68. The maximum atomic E-state index is 9.56. The first-order valence-corrected chi connectivity index (χ1v) is 6.98. The van der Waals surface area contributed by atoms with E-state index in [4.69, 9.17) is 0 Å². The minimum Gasteiger partial charge on any atom is -0.260 e. The summed E-state index contributed by atoms with van der Waals surface area (Å²) >= 11 is 0. The van der Waals surface area contributed by atoms with Crippen LogP contribution < -0.4 is 0 Å². The Bertz CT molecular complexity index is 278. The van der Waals surface area contributed by atoms with Gasteiger partial charge in [-0.15, -0.1) is 0 Å². The number of fused-ring (bicyclic) bond motifs is 1. The Kier molecular flexibility index (Phi) is 4.88. The Labute approximate surface area is 89.0 Å². The minimum absolute atomic E-state index is 0.611. The van der Waals surface area contributed by atoms with Gasteiger partial charge < -0.3 is 0 Å². The van der Waals surface area contributed by atoms with Crippen LogP contribution in [0.1, 0.15) is 24.0 Å². The average molecular weight is 210 g/mol. The van der Waals surface area contributed by atoms with Gasteiger partial charge in [-0.3, -0.25) is 4.21 Å². The molecular formula is C12H18OS. The van der Waals surface area contributed by atoms with Gasteiger partial charge >= 0.3 is 0 Å². The van der Waals surface area contributed by atoms with Crippen LogP contribution >= 0.6 is 0 Å². The van der Waals surface area contributed by atoms with Crippen LogP contribution in [0.4, 0.5) is 0 Å². The lowest BCUT2D eigenvalue weighted by atomic mass is 9.92. The maximum absolute atomic E-state index is 9.56. The summed E-state index contributed by atoms with van der Waals surface area (Å²) in [5.41, 5.74) is 3.16. The normalized spacial score (nSPS) is 14.2. The van der Waals surface area contributed by atoms with Crippen molar-refractivity contribution < 1.29 is 4.21 Å². The zero-order chi connectivity index (χ0) is 10.4. The molecule has 0 aromatic heterocycles. The molecular weight excluding hydrogens is 192 g/mol. The Morgan fingerprint density at radius 3 is 1.71 bits per heavy atom. The lowest BCUT2D eigenvalue weighted by Crippen LogP contribution is -2.00. The van der Waals surface area contributed by atoms with Gasteiger partial charge in [0.2, 0.25) is 0 Å². The third-order valence-corrected chi connectivity index (χ3v) is 2.26. The van der Waals surface area contributed by atoms with E-state index in [0.29, 0.717) is 0 Å². The quantitative estimate of drug-likeness (QED) is 0.643. The summed E-state index contributed by atoms with van der Waals surface area (Å²) in [6, 6.07) is 8.80. The molecule has 0 radical (unpaired) electrons. The van der Waals surface area contributed by atoms with Gasteiger partial charge in [-0.1, -0.05) is 24.3 Å². The molecule has 2 heteroatoms. The molecule has 0 heterocycles. The highest BCUT2D eigenvalue weighted by Crippen LogP contribution is 2.19. The SMILES string of the molecule is CS(C)=O.c1ccc2c(c1)CCCC2. The van der Waals surface area contributed by atoms with Gasteiger partial charge in [-0.25, -0.2) is 0 Å². The molecule has 1 aromatic carbocycles. The monoisotopic (exact) mass is 210 g/mol. The van der Waals surface area contributed by atoms with E-state index in [1.807, 2.05) is 0 Å². The topological polar surface area (TPSA) is 17.1 Å². The third kappa shape index (κ3) is 4.05. The van der Waals surface area contributed by atoms with Gasteiger partial charge in [0.15, 0.2) is 0 Å². The van der Waals surface area contributed by atoms with Crippen molar-refractivity contribution in [1.82, 2.24) is 0 Å². The van der Waals surface area contributed by atoms with Crippen molar-refractivity contribution in [2.24, 2.45) is 0 Å². The predicted octanol–water partition coefficient (Wildman–Crippen LogP) is 2.56. The molecule has 1 nitrogen and oxygen atoms in total. The molecule has 0 bridgehead atoms. The molecule has 1 aliphatic carbocycles. The van der Waals surface area contributed by atoms with Crippen LogP contribution in [0.15, 0.2) is 24.3 Å². The van der Waals surface area contributed by atoms with Gasteiger partial charge in [0, 0.05) is 23.3 Å². The largest absolute Gasteiger partial charge is 0.260 e. The second-order valence-corrected chi connectivity index (χ2v) is 5.20. The second kappa shape index (κ2) is 5.97. The fraction of sp³-hybridized carbons (Fsp3) is 0.500. The van der Waals surface area contributed by atoms with Crippen molar-refractivity contribution in [3.05, 3.63) is 35.4 Å². The van der Waals surface area contributed by atoms with Crippen LogP contribution in [0.25, 0.3) is 0 Å². The lowest BCUT2D eigenvalue weighted by molar-refractivity contribution is 0.685. The minimum atomic E-state index is -0.611. The van der Waals surface area contributed by atoms with Crippen LogP contribution in [0.3, 0.4) is 0 Å². The molecule has 0 fully saturated rings. The van der Waals surface area contributed by atoms with Gasteiger partial charge in [0.05, 0.1) is 0 Å². The zero-order valence-electron chi connectivity index (χ0n) is 8.95. The highest BCUT2D eigenvalue weighted by molar-refractivity contribution is 7.83. The number of aryl methyl sites for hydroxylation is 2. The highest BCUT2D eigenvalue weighted by Gasteiger charge is 2.05. The first kappa shape index (κ1) is 11.4. The number of hydrogen-bond donors (Lipinski definition) is 0. The van der Waals surface area contributed by atoms with Crippen molar-refractivity contribution in [2.75, 3.05) is 12.5 Å². The molecule has 78 valence electrons. The Morgan fingerprint density at radius 1 is 1.00 bits per heavy atom. The van der Waals surface area contributed by atoms with Crippen molar-refractivity contribution in [3.63, 3.8) is 0 Å². The second-order valence-electron chi connectivity index (χ2n) is 3.72. The molecule has 14 heavy (non-hydrogen) atoms. The van der Waals surface area contributed by atoms with Crippen LogP contribution in [-0.2, 0) is 23.6 Å². The Balaban J connectivity index is 0.000000213. The van der Waals surface area contributed by atoms with Crippen LogP contribution in [-0.4, -0.2) is 16.7 Å². The third-order valence-electron chi connectivity index (χ3n) is 2.26. The van der Waals surface area contributed by atoms with Gasteiger partial charge in [-0.2, -0.15) is 0 Å². The molecule has 0 atom stereocenters. The number of hydrogen-bond acceptors (Lipinski definition) is 1. The molecule has 0 saturated carbocycles. The molecule has 1 aliphatic rings. The molecule has 0 aliphatic heterocycles. The predicted molar refractivity (Wildman–Crippen MR) is 63.1 cm³/mol. The molecule has 2 rings (SSSR count). The van der Waals surface area contributed by atoms with E-state index in [1.54, 1.807) is 23.6 Å². The van der Waals surface area contributed by atoms with Crippen molar-refractivity contribution in [1.29, 1.82) is 0 Å². The lowest BCUT2D eigenvalue weighted by Gasteiger charge is -2.13. The van der Waals surface area contributed by atoms with E-state index in [1.165, 1.54) is 25.7 Å². The Hall–Kier alpha value is -0.630. The van der Waals surface area contributed by atoms with Crippen molar-refractivity contribution in [3.8, 4) is 0 Å². The summed E-state index contributed by atoms with van der Waals surface area (Å²) in [7, 11) is -0.611. The van der Waals surface area contributed by atoms with Crippen LogP contribution in [0.5, 0.6) is 0 Å². The van der Waals surface area contributed by atoms with Gasteiger partial charge in [-0.05, 0) is 36.8 Å². The fourth-order valence-electron chi connectivity index (χ4n) is 1.68. The molecule has 0 spiro atoms. The average Bonchev–Trinajstić information content (AvgIpc) is 2.17. The first-order chi connectivity index (χ1) is 6.70. The van der Waals surface area contributed by atoms with Crippen LogP contribution in [0, 0.1) is 0 Å². The highest BCUT2D eigenvalue weighted by atomic mass is 32.2. The van der Waals surface area contributed by atoms with E-state index in [9.17, 15) is 4.21 Å². The standard InChI is InChI=1S/C10H12.C2H6OS/c1-2-6-10-8-4-3-7-9(10)5-1;1-4(2)3/h1-2,5-6H,3-4,7-8H2;1-2H3. The number of benzene rings is 1. The van der Waals surface area contributed by atoms with Gasteiger partial charge in [0.1, 0.15) is 0 Å². The number of rotatable bonds is 0.